The van der Waals surface area contributed by atoms with Crippen LogP contribution in [-0.2, 0) is 10.0 Å². The molecular weight excluding hydrogens is 262 g/mol. The Bertz CT molecular complexity index is 546. The normalized spacial score (nSPS) is 26.8. The van der Waals surface area contributed by atoms with E-state index in [0.717, 1.165) is 31.4 Å². The molecule has 1 aromatic rings. The van der Waals surface area contributed by atoms with Gasteiger partial charge in [0.05, 0.1) is 4.90 Å². The number of sulfonamides is 1. The average molecular weight is 281 g/mol. The fourth-order valence-electron chi connectivity index (χ4n) is 2.23. The molecule has 0 aliphatic heterocycles. The zero-order chi connectivity index (χ0) is 13.5. The number of benzene rings is 1. The third-order valence-corrected chi connectivity index (χ3v) is 5.15. The van der Waals surface area contributed by atoms with Gasteiger partial charge in [-0.25, -0.2) is 13.1 Å². The zero-order valence-electron chi connectivity index (χ0n) is 10.7. The van der Waals surface area contributed by atoms with Crippen molar-refractivity contribution in [3.05, 3.63) is 24.3 Å². The fourth-order valence-corrected chi connectivity index (χ4v) is 3.54. The predicted octanol–water partition coefficient (Wildman–Crippen LogP) is 1.03. The van der Waals surface area contributed by atoms with E-state index in [0.29, 0.717) is 17.0 Å². The van der Waals surface area contributed by atoms with Crippen LogP contribution in [0.5, 0.6) is 0 Å². The molecule has 2 fully saturated rings. The van der Waals surface area contributed by atoms with Gasteiger partial charge in [-0.1, -0.05) is 0 Å². The Labute approximate surface area is 113 Å². The van der Waals surface area contributed by atoms with Gasteiger partial charge in [0.25, 0.3) is 0 Å². The molecule has 5 nitrogen and oxygen atoms in total. The van der Waals surface area contributed by atoms with Crippen LogP contribution in [0, 0.1) is 0 Å². The Morgan fingerprint density at radius 3 is 2.21 bits per heavy atom. The first-order valence-electron chi connectivity index (χ1n) is 6.67. The van der Waals surface area contributed by atoms with Gasteiger partial charge < -0.3 is 11.1 Å². The minimum Gasteiger partial charge on any atom is -0.382 e. The van der Waals surface area contributed by atoms with Gasteiger partial charge in [-0.2, -0.15) is 0 Å². The van der Waals surface area contributed by atoms with E-state index in [1.807, 2.05) is 12.1 Å². The van der Waals surface area contributed by atoms with Crippen LogP contribution in [-0.4, -0.2) is 26.5 Å². The molecule has 0 amide bonds. The van der Waals surface area contributed by atoms with Gasteiger partial charge in [-0.15, -0.1) is 0 Å². The van der Waals surface area contributed by atoms with Crippen molar-refractivity contribution in [2.24, 2.45) is 5.73 Å². The van der Waals surface area contributed by atoms with Crippen molar-refractivity contribution in [1.29, 1.82) is 0 Å². The van der Waals surface area contributed by atoms with Gasteiger partial charge in [0, 0.05) is 23.8 Å². The van der Waals surface area contributed by atoms with Crippen LogP contribution in [0.2, 0.25) is 0 Å². The molecule has 2 saturated carbocycles. The third kappa shape index (κ3) is 3.08. The molecule has 0 spiro atoms. The highest BCUT2D eigenvalue weighted by Gasteiger charge is 2.28. The van der Waals surface area contributed by atoms with Crippen molar-refractivity contribution < 1.29 is 8.42 Å². The second-order valence-electron chi connectivity index (χ2n) is 5.49. The lowest BCUT2D eigenvalue weighted by Crippen LogP contribution is -2.44. The number of rotatable bonds is 5. The molecule has 2 aliphatic rings. The van der Waals surface area contributed by atoms with Crippen LogP contribution in [0.15, 0.2) is 29.2 Å². The average Bonchev–Trinajstić information content (AvgIpc) is 3.11. The number of hydrogen-bond donors (Lipinski definition) is 3. The fraction of sp³-hybridized carbons (Fsp3) is 0.538. The molecule has 0 saturated heterocycles. The van der Waals surface area contributed by atoms with Crippen molar-refractivity contribution in [3.63, 3.8) is 0 Å². The summed E-state index contributed by atoms with van der Waals surface area (Å²) in [5, 5.41) is 3.35. The van der Waals surface area contributed by atoms with Gasteiger partial charge in [0.1, 0.15) is 0 Å². The lowest BCUT2D eigenvalue weighted by Gasteiger charge is -2.33. The van der Waals surface area contributed by atoms with Crippen LogP contribution in [0.1, 0.15) is 25.7 Å². The molecule has 2 aliphatic carbocycles. The minimum absolute atomic E-state index is 0.138. The molecule has 0 bridgehead atoms. The van der Waals surface area contributed by atoms with Gasteiger partial charge in [-0.05, 0) is 49.9 Å². The molecule has 0 aromatic heterocycles. The standard InChI is InChI=1S/C13H19N3O2S/c14-9-7-12(8-9)15-10-3-5-13(6-4-10)19(17,18)16-11-1-2-11/h3-6,9,11-12,15-16H,1-2,7-8,14H2. The maximum Gasteiger partial charge on any atom is 0.240 e. The highest BCUT2D eigenvalue weighted by atomic mass is 32.2. The first-order valence-corrected chi connectivity index (χ1v) is 8.16. The van der Waals surface area contributed by atoms with Crippen molar-refractivity contribution in [3.8, 4) is 0 Å². The Hall–Kier alpha value is -1.11. The first-order chi connectivity index (χ1) is 9.03. The van der Waals surface area contributed by atoms with Crippen LogP contribution in [0.4, 0.5) is 5.69 Å². The quantitative estimate of drug-likeness (QED) is 0.752. The first kappa shape index (κ1) is 12.9. The molecule has 3 rings (SSSR count). The largest absolute Gasteiger partial charge is 0.382 e. The summed E-state index contributed by atoms with van der Waals surface area (Å²) in [5.74, 6) is 0. The molecule has 6 heteroatoms. The summed E-state index contributed by atoms with van der Waals surface area (Å²) < 4.78 is 26.6. The molecule has 0 radical (unpaired) electrons. The summed E-state index contributed by atoms with van der Waals surface area (Å²) in [6.07, 6.45) is 3.84. The molecule has 104 valence electrons. The molecule has 0 heterocycles. The van der Waals surface area contributed by atoms with Gasteiger partial charge in [0.2, 0.25) is 10.0 Å². The Morgan fingerprint density at radius 2 is 1.68 bits per heavy atom. The summed E-state index contributed by atoms with van der Waals surface area (Å²) in [5.41, 5.74) is 6.67. The zero-order valence-corrected chi connectivity index (χ0v) is 11.5. The van der Waals surface area contributed by atoms with Crippen LogP contribution < -0.4 is 15.8 Å². The molecule has 1 aromatic carbocycles. The van der Waals surface area contributed by atoms with Gasteiger partial charge in [0.15, 0.2) is 0 Å². The van der Waals surface area contributed by atoms with E-state index in [4.69, 9.17) is 5.73 Å². The summed E-state index contributed by atoms with van der Waals surface area (Å²) in [6.45, 7) is 0. The van der Waals surface area contributed by atoms with E-state index in [2.05, 4.69) is 10.0 Å². The molecule has 0 unspecified atom stereocenters. The topological polar surface area (TPSA) is 84.2 Å². The van der Waals surface area contributed by atoms with Gasteiger partial charge in [-0.3, -0.25) is 0 Å². The lowest BCUT2D eigenvalue weighted by atomic mass is 9.87. The molecular formula is C13H19N3O2S. The number of anilines is 1. The van der Waals surface area contributed by atoms with Crippen molar-refractivity contribution >= 4 is 15.7 Å². The van der Waals surface area contributed by atoms with E-state index in [-0.39, 0.29) is 6.04 Å². The molecule has 4 N–H and O–H groups in total. The highest BCUT2D eigenvalue weighted by Crippen LogP contribution is 2.25. The van der Waals surface area contributed by atoms with E-state index in [1.165, 1.54) is 0 Å². The Morgan fingerprint density at radius 1 is 1.05 bits per heavy atom. The predicted molar refractivity (Wildman–Crippen MR) is 74.4 cm³/mol. The van der Waals surface area contributed by atoms with Crippen molar-refractivity contribution in [2.75, 3.05) is 5.32 Å². The number of nitrogens with one attached hydrogen (secondary N) is 2. The highest BCUT2D eigenvalue weighted by molar-refractivity contribution is 7.89. The number of nitrogens with two attached hydrogens (primary N) is 1. The van der Waals surface area contributed by atoms with E-state index < -0.39 is 10.0 Å². The Balaban J connectivity index is 1.64. The third-order valence-electron chi connectivity index (χ3n) is 3.61. The van der Waals surface area contributed by atoms with Crippen LogP contribution in [0.3, 0.4) is 0 Å². The smallest absolute Gasteiger partial charge is 0.240 e. The Kier molecular flexibility index (Phi) is 3.24. The SMILES string of the molecule is NC1CC(Nc2ccc(S(=O)(=O)NC3CC3)cc2)C1. The second kappa shape index (κ2) is 4.77. The summed E-state index contributed by atoms with van der Waals surface area (Å²) >= 11 is 0. The second-order valence-corrected chi connectivity index (χ2v) is 7.21. The van der Waals surface area contributed by atoms with E-state index >= 15 is 0 Å². The minimum atomic E-state index is -3.34. The van der Waals surface area contributed by atoms with Crippen LogP contribution >= 0.6 is 0 Å². The summed E-state index contributed by atoms with van der Waals surface area (Å²) in [6, 6.07) is 7.77. The van der Waals surface area contributed by atoms with Crippen molar-refractivity contribution in [1.82, 2.24) is 4.72 Å². The van der Waals surface area contributed by atoms with E-state index in [1.54, 1.807) is 12.1 Å². The summed E-state index contributed by atoms with van der Waals surface area (Å²) in [7, 11) is -3.34. The maximum absolute atomic E-state index is 12.0. The van der Waals surface area contributed by atoms with Crippen LogP contribution in [0.25, 0.3) is 0 Å². The lowest BCUT2D eigenvalue weighted by molar-refractivity contribution is 0.373. The summed E-state index contributed by atoms with van der Waals surface area (Å²) in [4.78, 5) is 0.329. The van der Waals surface area contributed by atoms with E-state index in [9.17, 15) is 8.42 Å². The molecule has 19 heavy (non-hydrogen) atoms. The van der Waals surface area contributed by atoms with Crippen molar-refractivity contribution in [2.45, 2.75) is 48.7 Å². The van der Waals surface area contributed by atoms with Gasteiger partial charge >= 0.3 is 0 Å². The maximum atomic E-state index is 12.0. The number of hydrogen-bond acceptors (Lipinski definition) is 4. The monoisotopic (exact) mass is 281 g/mol. The molecule has 0 atom stereocenters.